The van der Waals surface area contributed by atoms with E-state index in [4.69, 9.17) is 4.74 Å². The molecule has 3 heterocycles. The van der Waals surface area contributed by atoms with Gasteiger partial charge in [-0.15, -0.1) is 0 Å². The maximum Gasteiger partial charge on any atom is 0.322 e. The molecule has 1 amide bonds. The molecular weight excluding hydrogens is 452 g/mol. The molecule has 0 radical (unpaired) electrons. The van der Waals surface area contributed by atoms with E-state index in [1.54, 1.807) is 0 Å². The molecule has 34 heavy (non-hydrogen) atoms. The van der Waals surface area contributed by atoms with Crippen LogP contribution in [0.4, 0.5) is 17.5 Å². The Morgan fingerprint density at radius 3 is 2.59 bits per heavy atom. The Morgan fingerprint density at radius 1 is 1.12 bits per heavy atom. The summed E-state index contributed by atoms with van der Waals surface area (Å²) >= 11 is 1.41. The van der Waals surface area contributed by atoms with Crippen molar-refractivity contribution in [2.45, 2.75) is 54.7 Å². The average molecular weight is 481 g/mol. The Bertz CT molecular complexity index is 1140. The van der Waals surface area contributed by atoms with Crippen LogP contribution in [0.5, 0.6) is 6.01 Å². The number of nitrogens with zero attached hydrogens (tertiary/aromatic N) is 5. The van der Waals surface area contributed by atoms with Crippen LogP contribution < -0.4 is 15.4 Å². The second-order valence-electron chi connectivity index (χ2n) is 8.76. The molecule has 1 saturated heterocycles. The molecule has 1 aliphatic carbocycles. The Hall–Kier alpha value is -3.18. The molecule has 0 unspecified atom stereocenters. The summed E-state index contributed by atoms with van der Waals surface area (Å²) < 4.78 is 6.16. The third-order valence-corrected chi connectivity index (χ3v) is 6.64. The van der Waals surface area contributed by atoms with Crippen molar-refractivity contribution in [2.24, 2.45) is 0 Å². The van der Waals surface area contributed by atoms with E-state index in [0.717, 1.165) is 42.2 Å². The van der Waals surface area contributed by atoms with E-state index >= 15 is 0 Å². The summed E-state index contributed by atoms with van der Waals surface area (Å²) in [5.74, 6) is 1.54. The van der Waals surface area contributed by atoms with Gasteiger partial charge in [0.2, 0.25) is 17.0 Å². The standard InChI is InChI=1S/C23H28N8O2S/c1-14(32)24-16-5-7-18(8-6-16)34-23-27-21(25-20-13-19(29-30-20)15-3-4-15)26-22(28-23)33-17-9-11-31(2)12-10-17/h5-8,13,15,17H,3-4,9-12H2,1-2H3,(H,24,32)(H2,25,26,27,28,29,30). The number of carbonyl (C=O) groups is 1. The third kappa shape index (κ3) is 6.03. The fraction of sp³-hybridized carbons (Fsp3) is 0.435. The molecule has 178 valence electrons. The average Bonchev–Trinajstić information content (AvgIpc) is 3.55. The lowest BCUT2D eigenvalue weighted by atomic mass is 10.1. The van der Waals surface area contributed by atoms with E-state index in [2.05, 4.69) is 47.7 Å². The van der Waals surface area contributed by atoms with Gasteiger partial charge >= 0.3 is 6.01 Å². The molecule has 11 heteroatoms. The van der Waals surface area contributed by atoms with E-state index in [1.807, 2.05) is 30.3 Å². The molecular formula is C23H28N8O2S. The zero-order chi connectivity index (χ0) is 23.5. The van der Waals surface area contributed by atoms with Crippen molar-refractivity contribution >= 4 is 35.1 Å². The lowest BCUT2D eigenvalue weighted by Crippen LogP contribution is -2.36. The second-order valence-corrected chi connectivity index (χ2v) is 9.80. The van der Waals surface area contributed by atoms with Crippen LogP contribution in [0.25, 0.3) is 0 Å². The van der Waals surface area contributed by atoms with Gasteiger partial charge in [-0.3, -0.25) is 9.89 Å². The number of carbonyl (C=O) groups excluding carboxylic acids is 1. The van der Waals surface area contributed by atoms with Crippen molar-refractivity contribution in [3.05, 3.63) is 36.0 Å². The summed E-state index contributed by atoms with van der Waals surface area (Å²) in [6, 6.07) is 9.85. The van der Waals surface area contributed by atoms with Crippen molar-refractivity contribution in [3.8, 4) is 6.01 Å². The number of aromatic amines is 1. The van der Waals surface area contributed by atoms with Crippen molar-refractivity contribution in [2.75, 3.05) is 30.8 Å². The van der Waals surface area contributed by atoms with Crippen LogP contribution in [0.15, 0.2) is 40.4 Å². The molecule has 10 nitrogen and oxygen atoms in total. The van der Waals surface area contributed by atoms with Crippen LogP contribution in [-0.4, -0.2) is 62.2 Å². The van der Waals surface area contributed by atoms with Gasteiger partial charge in [0.1, 0.15) is 6.10 Å². The number of ether oxygens (including phenoxy) is 1. The van der Waals surface area contributed by atoms with Crippen LogP contribution in [0.3, 0.4) is 0 Å². The first-order valence-corrected chi connectivity index (χ1v) is 12.3. The number of aromatic nitrogens is 5. The highest BCUT2D eigenvalue weighted by molar-refractivity contribution is 7.99. The third-order valence-electron chi connectivity index (χ3n) is 5.77. The fourth-order valence-corrected chi connectivity index (χ4v) is 4.52. The van der Waals surface area contributed by atoms with E-state index < -0.39 is 0 Å². The zero-order valence-electron chi connectivity index (χ0n) is 19.2. The Morgan fingerprint density at radius 2 is 1.88 bits per heavy atom. The number of amides is 1. The zero-order valence-corrected chi connectivity index (χ0v) is 20.1. The molecule has 0 bridgehead atoms. The number of H-pyrrole nitrogens is 1. The number of hydrogen-bond donors (Lipinski definition) is 3. The van der Waals surface area contributed by atoms with Gasteiger partial charge in [-0.2, -0.15) is 20.1 Å². The highest BCUT2D eigenvalue weighted by Gasteiger charge is 2.26. The minimum atomic E-state index is -0.104. The monoisotopic (exact) mass is 480 g/mol. The number of rotatable bonds is 8. The molecule has 2 aliphatic rings. The molecule has 3 N–H and O–H groups in total. The summed E-state index contributed by atoms with van der Waals surface area (Å²) in [6.45, 7) is 3.46. The number of hydrogen-bond acceptors (Lipinski definition) is 9. The molecule has 0 atom stereocenters. The normalized spacial score (nSPS) is 16.9. The first-order valence-electron chi connectivity index (χ1n) is 11.5. The first kappa shape index (κ1) is 22.6. The molecule has 0 spiro atoms. The highest BCUT2D eigenvalue weighted by Crippen LogP contribution is 2.39. The number of likely N-dealkylation sites (tertiary alicyclic amines) is 1. The van der Waals surface area contributed by atoms with Crippen molar-refractivity contribution in [3.63, 3.8) is 0 Å². The molecule has 1 saturated carbocycles. The van der Waals surface area contributed by atoms with Crippen LogP contribution in [0.2, 0.25) is 0 Å². The number of nitrogens with one attached hydrogen (secondary N) is 3. The molecule has 1 aromatic carbocycles. The number of anilines is 3. The smallest absolute Gasteiger partial charge is 0.322 e. The quantitative estimate of drug-likeness (QED) is 0.442. The van der Waals surface area contributed by atoms with Gasteiger partial charge < -0.3 is 20.3 Å². The van der Waals surface area contributed by atoms with Gasteiger partial charge in [-0.05, 0) is 68.8 Å². The topological polar surface area (TPSA) is 121 Å². The largest absolute Gasteiger partial charge is 0.460 e. The molecule has 5 rings (SSSR count). The second kappa shape index (κ2) is 9.98. The minimum Gasteiger partial charge on any atom is -0.460 e. The van der Waals surface area contributed by atoms with Gasteiger partial charge in [0.15, 0.2) is 5.82 Å². The van der Waals surface area contributed by atoms with Gasteiger partial charge in [-0.25, -0.2) is 0 Å². The van der Waals surface area contributed by atoms with Gasteiger partial charge in [-0.1, -0.05) is 0 Å². The van der Waals surface area contributed by atoms with Crippen LogP contribution in [-0.2, 0) is 4.79 Å². The maximum atomic E-state index is 11.3. The summed E-state index contributed by atoms with van der Waals surface area (Å²) in [6.07, 6.45) is 4.34. The van der Waals surface area contributed by atoms with Crippen LogP contribution in [0.1, 0.15) is 44.2 Å². The van der Waals surface area contributed by atoms with Gasteiger partial charge in [0.25, 0.3) is 0 Å². The molecule has 2 fully saturated rings. The fourth-order valence-electron chi connectivity index (χ4n) is 3.78. The number of piperidine rings is 1. The lowest BCUT2D eigenvalue weighted by molar-refractivity contribution is -0.114. The highest BCUT2D eigenvalue weighted by atomic mass is 32.2. The Labute approximate surface area is 202 Å². The Balaban J connectivity index is 1.34. The predicted octanol–water partition coefficient (Wildman–Crippen LogP) is 3.80. The van der Waals surface area contributed by atoms with Crippen molar-refractivity contribution < 1.29 is 9.53 Å². The minimum absolute atomic E-state index is 0.0769. The first-order chi connectivity index (χ1) is 16.5. The van der Waals surface area contributed by atoms with Gasteiger partial charge in [0, 0.05) is 48.3 Å². The van der Waals surface area contributed by atoms with Crippen LogP contribution in [0, 0.1) is 0 Å². The van der Waals surface area contributed by atoms with Crippen molar-refractivity contribution in [1.82, 2.24) is 30.0 Å². The SMILES string of the molecule is CC(=O)Nc1ccc(Sc2nc(Nc3cc(C4CC4)[nH]n3)nc(OC3CCN(C)CC3)n2)cc1. The van der Waals surface area contributed by atoms with Gasteiger partial charge in [0.05, 0.1) is 0 Å². The van der Waals surface area contributed by atoms with E-state index in [-0.39, 0.29) is 12.0 Å². The molecule has 3 aromatic rings. The van der Waals surface area contributed by atoms with Crippen LogP contribution >= 0.6 is 11.8 Å². The van der Waals surface area contributed by atoms with E-state index in [1.165, 1.54) is 31.5 Å². The van der Waals surface area contributed by atoms with E-state index in [9.17, 15) is 4.79 Å². The molecule has 1 aliphatic heterocycles. The maximum absolute atomic E-state index is 11.3. The predicted molar refractivity (Wildman–Crippen MR) is 130 cm³/mol. The van der Waals surface area contributed by atoms with Crippen molar-refractivity contribution in [1.29, 1.82) is 0 Å². The summed E-state index contributed by atoms with van der Waals surface area (Å²) in [4.78, 5) is 28.2. The Kier molecular flexibility index (Phi) is 6.63. The van der Waals surface area contributed by atoms with E-state index in [0.29, 0.717) is 28.9 Å². The summed E-state index contributed by atoms with van der Waals surface area (Å²) in [5.41, 5.74) is 1.87. The molecule has 2 aromatic heterocycles. The number of benzene rings is 1. The lowest BCUT2D eigenvalue weighted by Gasteiger charge is -2.28. The summed E-state index contributed by atoms with van der Waals surface area (Å²) in [5, 5.41) is 13.9. The summed E-state index contributed by atoms with van der Waals surface area (Å²) in [7, 11) is 2.12.